The van der Waals surface area contributed by atoms with Crippen LogP contribution in [0.3, 0.4) is 0 Å². The topological polar surface area (TPSA) is 61.8 Å². The molecule has 0 unspecified atom stereocenters. The molecule has 2 aromatic carbocycles. The zero-order valence-corrected chi connectivity index (χ0v) is 13.0. The van der Waals surface area contributed by atoms with Crippen molar-refractivity contribution in [2.75, 3.05) is 6.61 Å². The standard InChI is InChI=1S/C18H18O5/c1-13(2)12-21-17(19)15-10-6-7-11-16(15)23-18(20)22-14-8-4-3-5-9-14/h3-11,13H,12H2,1-2H3. The summed E-state index contributed by atoms with van der Waals surface area (Å²) >= 11 is 0. The molecule has 5 heteroatoms. The second-order valence-corrected chi connectivity index (χ2v) is 5.26. The van der Waals surface area contributed by atoms with Crippen LogP contribution in [0.2, 0.25) is 0 Å². The Labute approximate surface area is 134 Å². The SMILES string of the molecule is CC(C)COC(=O)c1ccccc1OC(=O)Oc1ccccc1. The Kier molecular flexibility index (Phi) is 5.74. The number of carbonyl (C=O) groups is 2. The number of hydrogen-bond donors (Lipinski definition) is 0. The Hall–Kier alpha value is -2.82. The maximum absolute atomic E-state index is 12.1. The lowest BCUT2D eigenvalue weighted by molar-refractivity contribution is 0.0455. The van der Waals surface area contributed by atoms with Crippen LogP contribution in [0.5, 0.6) is 11.5 Å². The summed E-state index contributed by atoms with van der Waals surface area (Å²) in [4.78, 5) is 23.9. The number of esters is 1. The van der Waals surface area contributed by atoms with Crippen molar-refractivity contribution in [2.24, 2.45) is 5.92 Å². The Morgan fingerprint density at radius 3 is 2.26 bits per heavy atom. The second-order valence-electron chi connectivity index (χ2n) is 5.26. The Morgan fingerprint density at radius 1 is 0.913 bits per heavy atom. The average Bonchev–Trinajstić information content (AvgIpc) is 2.54. The minimum atomic E-state index is -0.916. The van der Waals surface area contributed by atoms with Crippen molar-refractivity contribution in [3.63, 3.8) is 0 Å². The summed E-state index contributed by atoms with van der Waals surface area (Å²) in [6.45, 7) is 4.17. The Bertz CT molecular complexity index is 664. The smallest absolute Gasteiger partial charge is 0.462 e. The van der Waals surface area contributed by atoms with E-state index in [0.717, 1.165) is 0 Å². The van der Waals surface area contributed by atoms with Gasteiger partial charge in [0.25, 0.3) is 0 Å². The van der Waals surface area contributed by atoms with Crippen LogP contribution in [0.15, 0.2) is 54.6 Å². The van der Waals surface area contributed by atoms with Gasteiger partial charge in [0.15, 0.2) is 0 Å². The van der Waals surface area contributed by atoms with E-state index in [1.165, 1.54) is 12.1 Å². The van der Waals surface area contributed by atoms with Gasteiger partial charge >= 0.3 is 12.1 Å². The summed E-state index contributed by atoms with van der Waals surface area (Å²) in [6, 6.07) is 14.9. The number of carbonyl (C=O) groups excluding carboxylic acids is 2. The molecule has 0 aliphatic rings. The molecule has 0 spiro atoms. The number of para-hydroxylation sites is 2. The van der Waals surface area contributed by atoms with E-state index in [1.54, 1.807) is 42.5 Å². The van der Waals surface area contributed by atoms with Crippen LogP contribution in [0, 0.1) is 5.92 Å². The summed E-state index contributed by atoms with van der Waals surface area (Å²) in [5, 5.41) is 0. The third-order valence-electron chi connectivity index (χ3n) is 2.79. The normalized spacial score (nSPS) is 10.2. The molecule has 0 amide bonds. The highest BCUT2D eigenvalue weighted by Crippen LogP contribution is 2.20. The molecule has 5 nitrogen and oxygen atoms in total. The predicted molar refractivity (Wildman–Crippen MR) is 84.7 cm³/mol. The van der Waals surface area contributed by atoms with Gasteiger partial charge in [-0.05, 0) is 30.2 Å². The first-order chi connectivity index (χ1) is 11.1. The van der Waals surface area contributed by atoms with Gasteiger partial charge in [-0.2, -0.15) is 0 Å². The van der Waals surface area contributed by atoms with Gasteiger partial charge in [-0.25, -0.2) is 9.59 Å². The molecule has 120 valence electrons. The van der Waals surface area contributed by atoms with E-state index in [0.29, 0.717) is 12.4 Å². The summed E-state index contributed by atoms with van der Waals surface area (Å²) in [6.07, 6.45) is -0.916. The van der Waals surface area contributed by atoms with Crippen LogP contribution in [-0.4, -0.2) is 18.7 Å². The highest BCUT2D eigenvalue weighted by atomic mass is 16.7. The van der Waals surface area contributed by atoms with Gasteiger partial charge in [0.05, 0.1) is 6.61 Å². The molecule has 0 heterocycles. The van der Waals surface area contributed by atoms with Gasteiger partial charge in [-0.15, -0.1) is 0 Å². The minimum absolute atomic E-state index is 0.0992. The fourth-order valence-electron chi connectivity index (χ4n) is 1.74. The van der Waals surface area contributed by atoms with Crippen molar-refractivity contribution in [1.29, 1.82) is 0 Å². The third kappa shape index (κ3) is 5.14. The molecule has 2 aromatic rings. The van der Waals surface area contributed by atoms with Crippen molar-refractivity contribution in [3.05, 3.63) is 60.2 Å². The molecule has 0 aliphatic carbocycles. The van der Waals surface area contributed by atoms with Crippen LogP contribution >= 0.6 is 0 Å². The zero-order chi connectivity index (χ0) is 16.7. The van der Waals surface area contributed by atoms with Crippen molar-refractivity contribution >= 4 is 12.1 Å². The van der Waals surface area contributed by atoms with Crippen molar-refractivity contribution in [1.82, 2.24) is 0 Å². The first-order valence-corrected chi connectivity index (χ1v) is 7.27. The average molecular weight is 314 g/mol. The van der Waals surface area contributed by atoms with Crippen LogP contribution < -0.4 is 9.47 Å². The first-order valence-electron chi connectivity index (χ1n) is 7.27. The summed E-state index contributed by atoms with van der Waals surface area (Å²) in [5.41, 5.74) is 0.179. The van der Waals surface area contributed by atoms with Gasteiger partial charge in [0.2, 0.25) is 0 Å². The first kappa shape index (κ1) is 16.5. The Balaban J connectivity index is 2.05. The number of hydrogen-bond acceptors (Lipinski definition) is 5. The molecule has 23 heavy (non-hydrogen) atoms. The van der Waals surface area contributed by atoms with Crippen LogP contribution in [-0.2, 0) is 4.74 Å². The van der Waals surface area contributed by atoms with E-state index < -0.39 is 12.1 Å². The molecule has 0 aromatic heterocycles. The zero-order valence-electron chi connectivity index (χ0n) is 13.0. The second kappa shape index (κ2) is 7.98. The number of benzene rings is 2. The number of rotatable bonds is 5. The predicted octanol–water partition coefficient (Wildman–Crippen LogP) is 4.08. The van der Waals surface area contributed by atoms with Crippen molar-refractivity contribution < 1.29 is 23.8 Å². The maximum Gasteiger partial charge on any atom is 0.519 e. The Morgan fingerprint density at radius 2 is 1.57 bits per heavy atom. The minimum Gasteiger partial charge on any atom is -0.462 e. The molecular weight excluding hydrogens is 296 g/mol. The van der Waals surface area contributed by atoms with E-state index in [9.17, 15) is 9.59 Å². The molecule has 0 radical (unpaired) electrons. The number of ether oxygens (including phenoxy) is 3. The quantitative estimate of drug-likeness (QED) is 0.615. The van der Waals surface area contributed by atoms with Gasteiger partial charge in [0, 0.05) is 0 Å². The van der Waals surface area contributed by atoms with Crippen molar-refractivity contribution in [3.8, 4) is 11.5 Å². The van der Waals surface area contributed by atoms with E-state index in [2.05, 4.69) is 0 Å². The fourth-order valence-corrected chi connectivity index (χ4v) is 1.74. The molecule has 0 atom stereocenters. The maximum atomic E-state index is 12.1. The fraction of sp³-hybridized carbons (Fsp3) is 0.222. The molecule has 0 bridgehead atoms. The molecule has 2 rings (SSSR count). The highest BCUT2D eigenvalue weighted by molar-refractivity contribution is 5.93. The molecule has 0 saturated carbocycles. The largest absolute Gasteiger partial charge is 0.519 e. The highest BCUT2D eigenvalue weighted by Gasteiger charge is 2.17. The van der Waals surface area contributed by atoms with Crippen LogP contribution in [0.25, 0.3) is 0 Å². The van der Waals surface area contributed by atoms with Crippen molar-refractivity contribution in [2.45, 2.75) is 13.8 Å². The summed E-state index contributed by atoms with van der Waals surface area (Å²) in [5.74, 6) is 0.136. The van der Waals surface area contributed by atoms with Crippen LogP contribution in [0.1, 0.15) is 24.2 Å². The monoisotopic (exact) mass is 314 g/mol. The lowest BCUT2D eigenvalue weighted by atomic mass is 10.2. The molecule has 0 aliphatic heterocycles. The van der Waals surface area contributed by atoms with E-state index in [1.807, 2.05) is 13.8 Å². The molecule has 0 saturated heterocycles. The van der Waals surface area contributed by atoms with Gasteiger partial charge in [-0.3, -0.25) is 0 Å². The van der Waals surface area contributed by atoms with Gasteiger partial charge < -0.3 is 14.2 Å². The van der Waals surface area contributed by atoms with E-state index in [4.69, 9.17) is 14.2 Å². The lowest BCUT2D eigenvalue weighted by Crippen LogP contribution is -2.17. The summed E-state index contributed by atoms with van der Waals surface area (Å²) in [7, 11) is 0. The molecule has 0 fully saturated rings. The summed E-state index contributed by atoms with van der Waals surface area (Å²) < 4.78 is 15.3. The third-order valence-corrected chi connectivity index (χ3v) is 2.79. The van der Waals surface area contributed by atoms with Gasteiger partial charge in [0.1, 0.15) is 17.1 Å². The molecular formula is C18H18O5. The lowest BCUT2D eigenvalue weighted by Gasteiger charge is -2.11. The van der Waals surface area contributed by atoms with Gasteiger partial charge in [-0.1, -0.05) is 44.2 Å². The molecule has 0 N–H and O–H groups in total. The van der Waals surface area contributed by atoms with E-state index in [-0.39, 0.29) is 17.2 Å². The van der Waals surface area contributed by atoms with Crippen LogP contribution in [0.4, 0.5) is 4.79 Å². The van der Waals surface area contributed by atoms with E-state index >= 15 is 0 Å².